The quantitative estimate of drug-likeness (QED) is 0.655. The fraction of sp³-hybridized carbons (Fsp3) is 0.312. The molecule has 0 spiro atoms. The molecule has 2 rings (SSSR count). The molecule has 112 valence electrons. The molecule has 0 radical (unpaired) electrons. The number of anilines is 1. The van der Waals surface area contributed by atoms with Crippen LogP contribution in [0.2, 0.25) is 0 Å². The number of esters is 1. The third-order valence-electron chi connectivity index (χ3n) is 2.96. The number of aromatic nitrogens is 1. The van der Waals surface area contributed by atoms with Crippen LogP contribution in [0.3, 0.4) is 0 Å². The minimum Gasteiger partial charge on any atom is -0.490 e. The van der Waals surface area contributed by atoms with Crippen molar-refractivity contribution < 1.29 is 14.3 Å². The predicted molar refractivity (Wildman–Crippen MR) is 81.4 cm³/mol. The summed E-state index contributed by atoms with van der Waals surface area (Å²) in [6.07, 6.45) is 1.74. The van der Waals surface area contributed by atoms with Crippen molar-refractivity contribution in [3.05, 3.63) is 48.3 Å². The number of nitrogens with zero attached hydrogens (tertiary/aromatic N) is 1. The van der Waals surface area contributed by atoms with Gasteiger partial charge < -0.3 is 19.8 Å². The van der Waals surface area contributed by atoms with E-state index in [1.807, 2.05) is 44.2 Å². The smallest absolute Gasteiger partial charge is 0.355 e. The number of hydrogen-bond acceptors (Lipinski definition) is 4. The lowest BCUT2D eigenvalue weighted by molar-refractivity contribution is 0.0436. The molecule has 0 fully saturated rings. The highest BCUT2D eigenvalue weighted by atomic mass is 16.6. The van der Waals surface area contributed by atoms with Gasteiger partial charge in [0.15, 0.2) is 0 Å². The lowest BCUT2D eigenvalue weighted by Crippen LogP contribution is -2.16. The molecule has 0 aliphatic heterocycles. The second kappa shape index (κ2) is 6.83. The highest BCUT2D eigenvalue weighted by Crippen LogP contribution is 2.17. The number of rotatable bonds is 6. The molecule has 0 bridgehead atoms. The Kier molecular flexibility index (Phi) is 4.87. The third kappa shape index (κ3) is 4.02. The fourth-order valence-electron chi connectivity index (χ4n) is 1.98. The lowest BCUT2D eigenvalue weighted by Gasteiger charge is -2.12. The van der Waals surface area contributed by atoms with Crippen LogP contribution in [0.5, 0.6) is 5.75 Å². The molecule has 0 amide bonds. The molecule has 0 unspecified atom stereocenters. The van der Waals surface area contributed by atoms with Gasteiger partial charge in [0.05, 0.1) is 5.69 Å². The first-order valence-corrected chi connectivity index (χ1v) is 6.90. The van der Waals surface area contributed by atoms with E-state index in [1.54, 1.807) is 16.8 Å². The van der Waals surface area contributed by atoms with E-state index >= 15 is 0 Å². The van der Waals surface area contributed by atoms with Crippen molar-refractivity contribution in [3.63, 3.8) is 0 Å². The summed E-state index contributed by atoms with van der Waals surface area (Å²) in [4.78, 5) is 12.0. The van der Waals surface area contributed by atoms with Gasteiger partial charge in [-0.05, 0) is 32.0 Å². The predicted octanol–water partition coefficient (Wildman–Crippen LogP) is 2.89. The van der Waals surface area contributed by atoms with Gasteiger partial charge in [-0.25, -0.2) is 4.79 Å². The summed E-state index contributed by atoms with van der Waals surface area (Å²) in [5.74, 6) is 0.361. The SMILES string of the molecule is CC(C)n1cc(N)cc1C(=O)OCCOc1ccccc1. The van der Waals surface area contributed by atoms with Crippen LogP contribution in [0.1, 0.15) is 30.4 Å². The molecule has 0 saturated heterocycles. The Balaban J connectivity index is 1.85. The van der Waals surface area contributed by atoms with Gasteiger partial charge >= 0.3 is 5.97 Å². The molecule has 1 aromatic carbocycles. The maximum Gasteiger partial charge on any atom is 0.355 e. The molecule has 21 heavy (non-hydrogen) atoms. The zero-order valence-electron chi connectivity index (χ0n) is 12.3. The van der Waals surface area contributed by atoms with Gasteiger partial charge in [-0.1, -0.05) is 18.2 Å². The maximum atomic E-state index is 12.0. The highest BCUT2D eigenvalue weighted by Gasteiger charge is 2.16. The van der Waals surface area contributed by atoms with E-state index in [1.165, 1.54) is 0 Å². The first-order chi connectivity index (χ1) is 10.1. The van der Waals surface area contributed by atoms with Gasteiger partial charge in [0.2, 0.25) is 0 Å². The number of benzene rings is 1. The summed E-state index contributed by atoms with van der Waals surface area (Å²) < 4.78 is 12.5. The van der Waals surface area contributed by atoms with Gasteiger partial charge in [0.25, 0.3) is 0 Å². The van der Waals surface area contributed by atoms with Gasteiger partial charge in [0, 0.05) is 12.2 Å². The molecule has 0 saturated carbocycles. The Morgan fingerprint density at radius 2 is 1.95 bits per heavy atom. The Hall–Kier alpha value is -2.43. The molecule has 2 N–H and O–H groups in total. The normalized spacial score (nSPS) is 10.6. The van der Waals surface area contributed by atoms with Gasteiger partial charge in [-0.3, -0.25) is 0 Å². The van der Waals surface area contributed by atoms with Crippen molar-refractivity contribution >= 4 is 11.7 Å². The molecule has 1 aromatic heterocycles. The van der Waals surface area contributed by atoms with Crippen LogP contribution >= 0.6 is 0 Å². The fourth-order valence-corrected chi connectivity index (χ4v) is 1.98. The molecular formula is C16H20N2O3. The van der Waals surface area contributed by atoms with E-state index in [0.29, 0.717) is 18.0 Å². The van der Waals surface area contributed by atoms with E-state index in [4.69, 9.17) is 15.2 Å². The van der Waals surface area contributed by atoms with Crippen molar-refractivity contribution in [1.82, 2.24) is 4.57 Å². The van der Waals surface area contributed by atoms with Crippen LogP contribution in [0, 0.1) is 0 Å². The summed E-state index contributed by atoms with van der Waals surface area (Å²) in [5.41, 5.74) is 6.74. The van der Waals surface area contributed by atoms with Crippen molar-refractivity contribution in [2.24, 2.45) is 0 Å². The number of para-hydroxylation sites is 1. The first kappa shape index (κ1) is 15.0. The van der Waals surface area contributed by atoms with Crippen molar-refractivity contribution in [3.8, 4) is 5.75 Å². The van der Waals surface area contributed by atoms with Crippen molar-refractivity contribution in [1.29, 1.82) is 0 Å². The molecule has 5 nitrogen and oxygen atoms in total. The summed E-state index contributed by atoms with van der Waals surface area (Å²) in [5, 5.41) is 0. The van der Waals surface area contributed by atoms with Crippen LogP contribution in [-0.4, -0.2) is 23.8 Å². The van der Waals surface area contributed by atoms with Crippen LogP contribution in [0.4, 0.5) is 5.69 Å². The summed E-state index contributed by atoms with van der Waals surface area (Å²) in [6.45, 7) is 4.47. The minimum absolute atomic E-state index is 0.144. The summed E-state index contributed by atoms with van der Waals surface area (Å²) >= 11 is 0. The third-order valence-corrected chi connectivity index (χ3v) is 2.96. The topological polar surface area (TPSA) is 66.5 Å². The average Bonchev–Trinajstić information content (AvgIpc) is 2.87. The minimum atomic E-state index is -0.392. The summed E-state index contributed by atoms with van der Waals surface area (Å²) in [7, 11) is 0. The number of hydrogen-bond donors (Lipinski definition) is 1. The highest BCUT2D eigenvalue weighted by molar-refractivity contribution is 5.89. The standard InChI is InChI=1S/C16H20N2O3/c1-12(2)18-11-13(17)10-15(18)16(19)21-9-8-20-14-6-4-3-5-7-14/h3-7,10-12H,8-9,17H2,1-2H3. The van der Waals surface area contributed by atoms with Crippen LogP contribution in [-0.2, 0) is 4.74 Å². The second-order valence-electron chi connectivity index (χ2n) is 4.96. The van der Waals surface area contributed by atoms with E-state index in [0.717, 1.165) is 5.75 Å². The average molecular weight is 288 g/mol. The number of carbonyl (C=O) groups is 1. The Morgan fingerprint density at radius 1 is 1.24 bits per heavy atom. The molecule has 5 heteroatoms. The van der Waals surface area contributed by atoms with E-state index in [2.05, 4.69) is 0 Å². The number of carbonyl (C=O) groups excluding carboxylic acids is 1. The van der Waals surface area contributed by atoms with E-state index < -0.39 is 5.97 Å². The zero-order chi connectivity index (χ0) is 15.2. The second-order valence-corrected chi connectivity index (χ2v) is 4.96. The van der Waals surface area contributed by atoms with Gasteiger partial charge in [-0.2, -0.15) is 0 Å². The summed E-state index contributed by atoms with van der Waals surface area (Å²) in [6, 6.07) is 11.2. The largest absolute Gasteiger partial charge is 0.490 e. The van der Waals surface area contributed by atoms with Crippen molar-refractivity contribution in [2.45, 2.75) is 19.9 Å². The molecule has 0 aliphatic rings. The monoisotopic (exact) mass is 288 g/mol. The van der Waals surface area contributed by atoms with Gasteiger partial charge in [0.1, 0.15) is 24.7 Å². The zero-order valence-corrected chi connectivity index (χ0v) is 12.3. The number of nitrogen functional groups attached to an aromatic ring is 1. The first-order valence-electron chi connectivity index (χ1n) is 6.90. The Morgan fingerprint density at radius 3 is 2.62 bits per heavy atom. The van der Waals surface area contributed by atoms with E-state index in [9.17, 15) is 4.79 Å². The Bertz CT molecular complexity index is 591. The molecular weight excluding hydrogens is 268 g/mol. The number of ether oxygens (including phenoxy) is 2. The molecule has 0 atom stereocenters. The van der Waals surface area contributed by atoms with Gasteiger partial charge in [-0.15, -0.1) is 0 Å². The van der Waals surface area contributed by atoms with Crippen LogP contribution in [0.15, 0.2) is 42.6 Å². The molecule has 1 heterocycles. The molecule has 0 aliphatic carbocycles. The maximum absolute atomic E-state index is 12.0. The number of nitrogens with two attached hydrogens (primary N) is 1. The Labute approximate surface area is 124 Å². The van der Waals surface area contributed by atoms with E-state index in [-0.39, 0.29) is 12.6 Å². The molecule has 2 aromatic rings. The van der Waals surface area contributed by atoms with Crippen LogP contribution in [0.25, 0.3) is 0 Å². The lowest BCUT2D eigenvalue weighted by atomic mass is 10.3. The van der Waals surface area contributed by atoms with Crippen LogP contribution < -0.4 is 10.5 Å². The van der Waals surface area contributed by atoms with Crippen molar-refractivity contribution in [2.75, 3.05) is 18.9 Å².